The maximum Gasteiger partial charge on any atom is 0.173 e. The van der Waals surface area contributed by atoms with E-state index in [2.05, 4.69) is 31.2 Å². The number of halogens is 3. The molecule has 0 aliphatic heterocycles. The number of benzene rings is 1. The van der Waals surface area contributed by atoms with Gasteiger partial charge >= 0.3 is 0 Å². The van der Waals surface area contributed by atoms with Crippen molar-refractivity contribution in [3.63, 3.8) is 0 Å². The van der Waals surface area contributed by atoms with Crippen LogP contribution >= 0.6 is 27.5 Å². The summed E-state index contributed by atoms with van der Waals surface area (Å²) in [5.41, 5.74) is 6.12. The third-order valence-electron chi connectivity index (χ3n) is 1.98. The molecule has 1 aromatic carbocycles. The third kappa shape index (κ3) is 2.65. The second-order valence-electron chi connectivity index (χ2n) is 3.16. The van der Waals surface area contributed by atoms with Crippen LogP contribution in [-0.2, 0) is 0 Å². The summed E-state index contributed by atoms with van der Waals surface area (Å²) in [6.45, 7) is 0. The van der Waals surface area contributed by atoms with E-state index < -0.39 is 5.82 Å². The molecule has 2 rings (SSSR count). The molecular formula is C10H7BrClFN4. The van der Waals surface area contributed by atoms with Crippen LogP contribution in [0.3, 0.4) is 0 Å². The molecule has 1 aromatic heterocycles. The van der Waals surface area contributed by atoms with Crippen LogP contribution in [0.2, 0.25) is 5.02 Å². The monoisotopic (exact) mass is 316 g/mol. The van der Waals surface area contributed by atoms with Gasteiger partial charge in [-0.2, -0.15) is 0 Å². The van der Waals surface area contributed by atoms with Gasteiger partial charge in [0, 0.05) is 16.9 Å². The first kappa shape index (κ1) is 12.1. The van der Waals surface area contributed by atoms with Gasteiger partial charge in [0.25, 0.3) is 0 Å². The molecule has 3 N–H and O–H groups in total. The van der Waals surface area contributed by atoms with E-state index >= 15 is 0 Å². The van der Waals surface area contributed by atoms with Crippen molar-refractivity contribution in [2.75, 3.05) is 11.1 Å². The highest BCUT2D eigenvalue weighted by Crippen LogP contribution is 2.34. The van der Waals surface area contributed by atoms with Crippen molar-refractivity contribution in [1.29, 1.82) is 0 Å². The Balaban J connectivity index is 2.40. The van der Waals surface area contributed by atoms with E-state index in [1.165, 1.54) is 24.5 Å². The molecule has 2 aromatic rings. The molecule has 0 saturated heterocycles. The summed E-state index contributed by atoms with van der Waals surface area (Å²) in [5, 5.41) is 3.12. The number of nitrogens with two attached hydrogens (primary N) is 1. The van der Waals surface area contributed by atoms with Crippen molar-refractivity contribution >= 4 is 44.9 Å². The number of nitrogens with zero attached hydrogens (tertiary/aromatic N) is 2. The molecule has 0 aliphatic carbocycles. The van der Waals surface area contributed by atoms with Gasteiger partial charge in [-0.3, -0.25) is 0 Å². The third-order valence-corrected chi connectivity index (χ3v) is 2.90. The maximum absolute atomic E-state index is 13.0. The van der Waals surface area contributed by atoms with Crippen LogP contribution in [0.5, 0.6) is 0 Å². The average Bonchev–Trinajstić information content (AvgIpc) is 2.25. The summed E-state index contributed by atoms with van der Waals surface area (Å²) in [7, 11) is 0. The molecule has 0 fully saturated rings. The van der Waals surface area contributed by atoms with Gasteiger partial charge in [0.1, 0.15) is 5.82 Å². The minimum absolute atomic E-state index is 0.224. The second kappa shape index (κ2) is 4.85. The normalized spacial score (nSPS) is 10.3. The predicted octanol–water partition coefficient (Wildman–Crippen LogP) is 3.36. The predicted molar refractivity (Wildman–Crippen MR) is 68.8 cm³/mol. The Morgan fingerprint density at radius 3 is 2.65 bits per heavy atom. The van der Waals surface area contributed by atoms with E-state index in [0.717, 1.165) is 0 Å². The second-order valence-corrected chi connectivity index (χ2v) is 4.42. The van der Waals surface area contributed by atoms with Crippen molar-refractivity contribution in [2.45, 2.75) is 0 Å². The molecule has 0 unspecified atom stereocenters. The molecule has 4 nitrogen and oxygen atoms in total. The molecule has 0 amide bonds. The average molecular weight is 318 g/mol. The Kier molecular flexibility index (Phi) is 3.44. The lowest BCUT2D eigenvalue weighted by Crippen LogP contribution is -2.02. The van der Waals surface area contributed by atoms with Gasteiger partial charge in [-0.25, -0.2) is 14.4 Å². The highest BCUT2D eigenvalue weighted by atomic mass is 79.9. The standard InChI is InChI=1S/C10H7BrClFN4/c11-6-3-5(13)4-7(12)8(6)17-10-9(14)15-1-2-16-10/h1-4H,(H2,14,15)(H,16,17). The van der Waals surface area contributed by atoms with E-state index in [0.29, 0.717) is 16.0 Å². The van der Waals surface area contributed by atoms with E-state index in [1.54, 1.807) is 0 Å². The first-order chi connectivity index (χ1) is 8.08. The highest BCUT2D eigenvalue weighted by molar-refractivity contribution is 9.10. The van der Waals surface area contributed by atoms with Crippen molar-refractivity contribution in [3.8, 4) is 0 Å². The topological polar surface area (TPSA) is 63.8 Å². The van der Waals surface area contributed by atoms with E-state index in [4.69, 9.17) is 17.3 Å². The fourth-order valence-electron chi connectivity index (χ4n) is 1.23. The quantitative estimate of drug-likeness (QED) is 0.891. The zero-order valence-electron chi connectivity index (χ0n) is 8.42. The molecule has 0 atom stereocenters. The van der Waals surface area contributed by atoms with Crippen LogP contribution in [0.15, 0.2) is 29.0 Å². The zero-order valence-corrected chi connectivity index (χ0v) is 10.8. The van der Waals surface area contributed by atoms with Crippen LogP contribution < -0.4 is 11.1 Å². The minimum Gasteiger partial charge on any atom is -0.381 e. The maximum atomic E-state index is 13.0. The van der Waals surface area contributed by atoms with Crippen molar-refractivity contribution in [2.24, 2.45) is 0 Å². The van der Waals surface area contributed by atoms with Gasteiger partial charge < -0.3 is 11.1 Å². The number of nitrogen functional groups attached to an aromatic ring is 1. The molecule has 0 saturated carbocycles. The van der Waals surface area contributed by atoms with Gasteiger partial charge in [0.05, 0.1) is 10.7 Å². The number of nitrogens with one attached hydrogen (secondary N) is 1. The molecule has 1 heterocycles. The first-order valence-corrected chi connectivity index (χ1v) is 5.73. The minimum atomic E-state index is -0.431. The lowest BCUT2D eigenvalue weighted by molar-refractivity contribution is 0.627. The van der Waals surface area contributed by atoms with Gasteiger partial charge in [0.15, 0.2) is 11.6 Å². The summed E-state index contributed by atoms with van der Waals surface area (Å²) in [6, 6.07) is 2.49. The number of hydrogen-bond acceptors (Lipinski definition) is 4. The summed E-state index contributed by atoms with van der Waals surface area (Å²) in [6.07, 6.45) is 2.96. The lowest BCUT2D eigenvalue weighted by Gasteiger charge is -2.10. The number of hydrogen-bond donors (Lipinski definition) is 2. The molecule has 0 bridgehead atoms. The smallest absolute Gasteiger partial charge is 0.173 e. The van der Waals surface area contributed by atoms with Crippen LogP contribution in [0.1, 0.15) is 0 Å². The summed E-state index contributed by atoms with van der Waals surface area (Å²) >= 11 is 9.12. The number of aromatic nitrogens is 2. The van der Waals surface area contributed by atoms with Crippen molar-refractivity contribution in [3.05, 3.63) is 39.8 Å². The Labute approximate surface area is 110 Å². The van der Waals surface area contributed by atoms with Crippen molar-refractivity contribution < 1.29 is 4.39 Å². The van der Waals surface area contributed by atoms with Gasteiger partial charge in [0.2, 0.25) is 0 Å². The van der Waals surface area contributed by atoms with E-state index in [1.807, 2.05) is 0 Å². The Morgan fingerprint density at radius 2 is 2.00 bits per heavy atom. The molecule has 0 spiro atoms. The summed E-state index contributed by atoms with van der Waals surface area (Å²) in [5.74, 6) is 0.168. The molecule has 7 heteroatoms. The molecule has 0 radical (unpaired) electrons. The molecular weight excluding hydrogens is 310 g/mol. The van der Waals surface area contributed by atoms with E-state index in [9.17, 15) is 4.39 Å². The summed E-state index contributed by atoms with van der Waals surface area (Å²) in [4.78, 5) is 7.88. The number of rotatable bonds is 2. The fourth-order valence-corrected chi connectivity index (χ4v) is 2.12. The molecule has 88 valence electrons. The fraction of sp³-hybridized carbons (Fsp3) is 0. The SMILES string of the molecule is Nc1nccnc1Nc1c(Cl)cc(F)cc1Br. The summed E-state index contributed by atoms with van der Waals surface area (Å²) < 4.78 is 13.5. The van der Waals surface area contributed by atoms with Crippen molar-refractivity contribution in [1.82, 2.24) is 9.97 Å². The van der Waals surface area contributed by atoms with Gasteiger partial charge in [-0.1, -0.05) is 11.6 Å². The Hall–Kier alpha value is -1.40. The van der Waals surface area contributed by atoms with Gasteiger partial charge in [-0.05, 0) is 28.1 Å². The Morgan fingerprint density at radius 1 is 1.29 bits per heavy atom. The molecule has 0 aliphatic rings. The van der Waals surface area contributed by atoms with Crippen LogP contribution in [0.25, 0.3) is 0 Å². The van der Waals surface area contributed by atoms with Crippen LogP contribution in [-0.4, -0.2) is 9.97 Å². The zero-order chi connectivity index (χ0) is 12.4. The number of anilines is 3. The van der Waals surface area contributed by atoms with Crippen LogP contribution in [0.4, 0.5) is 21.7 Å². The largest absolute Gasteiger partial charge is 0.381 e. The Bertz CT molecular complexity index is 541. The lowest BCUT2D eigenvalue weighted by atomic mass is 10.3. The van der Waals surface area contributed by atoms with Crippen LogP contribution in [0, 0.1) is 5.82 Å². The highest BCUT2D eigenvalue weighted by Gasteiger charge is 2.10. The molecule has 17 heavy (non-hydrogen) atoms. The van der Waals surface area contributed by atoms with Gasteiger partial charge in [-0.15, -0.1) is 0 Å². The van der Waals surface area contributed by atoms with E-state index in [-0.39, 0.29) is 10.8 Å². The first-order valence-electron chi connectivity index (χ1n) is 4.56.